The molecule has 2 aromatic rings. The van der Waals surface area contributed by atoms with Crippen LogP contribution in [-0.2, 0) is 5.41 Å². The number of hydrogen-bond donors (Lipinski definition) is 0. The molecule has 2 aliphatic heterocycles. The van der Waals surface area contributed by atoms with Crippen LogP contribution >= 0.6 is 0 Å². The van der Waals surface area contributed by atoms with Crippen LogP contribution in [0.25, 0.3) is 5.57 Å². The Morgan fingerprint density at radius 3 is 2.25 bits per heavy atom. The lowest BCUT2D eigenvalue weighted by Crippen LogP contribution is -2.51. The Kier molecular flexibility index (Phi) is 4.01. The van der Waals surface area contributed by atoms with Gasteiger partial charge in [-0.15, -0.1) is 0 Å². The fourth-order valence-electron chi connectivity index (χ4n) is 3.90. The van der Waals surface area contributed by atoms with Gasteiger partial charge < -0.3 is 17.6 Å². The van der Waals surface area contributed by atoms with Crippen molar-refractivity contribution in [3.8, 4) is 11.8 Å². The van der Waals surface area contributed by atoms with Crippen LogP contribution in [0.5, 0.6) is 0 Å². The fraction of sp³-hybridized carbons (Fsp3) is 0.261. The Bertz CT molecular complexity index is 1130. The van der Waals surface area contributed by atoms with Gasteiger partial charge in [0.05, 0.1) is 0 Å². The third kappa shape index (κ3) is 2.76. The molecule has 2 nitrogen and oxygen atoms in total. The van der Waals surface area contributed by atoms with E-state index in [9.17, 15) is 0 Å². The van der Waals surface area contributed by atoms with E-state index in [-0.39, 0.29) is 5.41 Å². The Balaban J connectivity index is 1.84. The van der Waals surface area contributed by atoms with Crippen LogP contribution in [-0.4, -0.2) is 21.6 Å². The molecule has 3 heterocycles. The maximum atomic E-state index is 15.2. The van der Waals surface area contributed by atoms with Crippen molar-refractivity contribution in [3.05, 3.63) is 76.8 Å². The molecule has 0 amide bonds. The molecule has 0 radical (unpaired) electrons. The van der Waals surface area contributed by atoms with Crippen molar-refractivity contribution in [2.75, 3.05) is 0 Å². The summed E-state index contributed by atoms with van der Waals surface area (Å²) in [6, 6.07) is 11.6. The topological polar surface area (TPSA) is 7.94 Å². The van der Waals surface area contributed by atoms with E-state index in [0.717, 1.165) is 14.5 Å². The molecule has 5 heteroatoms. The van der Waals surface area contributed by atoms with Crippen LogP contribution in [0.15, 0.2) is 54.2 Å². The summed E-state index contributed by atoms with van der Waals surface area (Å²) in [5, 5.41) is 0. The normalized spacial score (nSPS) is 17.4. The zero-order chi connectivity index (χ0) is 20.3. The van der Waals surface area contributed by atoms with Crippen LogP contribution in [0, 0.1) is 18.8 Å². The van der Waals surface area contributed by atoms with Gasteiger partial charge in [0.25, 0.3) is 0 Å². The standard InChI is InChI=1S/C23H23BF2N2/c1-16-6-14-21-20(13-10-18-8-11-19(12-9-18)23(3,4)5)22-15-7-17(2)28(22)24(25,26)27(16)21/h6-9,11-12,14-15H,1-5H3. The largest absolute Gasteiger partial charge is 0.737 e. The minimum Gasteiger partial charge on any atom is -0.393 e. The van der Waals surface area contributed by atoms with Gasteiger partial charge in [-0.1, -0.05) is 44.7 Å². The zero-order valence-electron chi connectivity index (χ0n) is 16.8. The summed E-state index contributed by atoms with van der Waals surface area (Å²) < 4.78 is 32.7. The van der Waals surface area contributed by atoms with Gasteiger partial charge in [-0.05, 0) is 47.9 Å². The van der Waals surface area contributed by atoms with Gasteiger partial charge in [0, 0.05) is 30.3 Å². The SMILES string of the molecule is CC1=[N+]2C(=C(C#Cc3ccc(C(C)(C)C)cc3)c3ccc(C)n3[B-]2(F)F)C=C1. The second kappa shape index (κ2) is 6.07. The van der Waals surface area contributed by atoms with Crippen molar-refractivity contribution in [2.24, 2.45) is 0 Å². The maximum Gasteiger partial charge on any atom is 0.737 e. The minimum atomic E-state index is -3.91. The number of hydrogen-bond acceptors (Lipinski definition) is 0. The molecule has 142 valence electrons. The Morgan fingerprint density at radius 2 is 1.61 bits per heavy atom. The summed E-state index contributed by atoms with van der Waals surface area (Å²) >= 11 is 0. The summed E-state index contributed by atoms with van der Waals surface area (Å²) in [7, 11) is 0. The van der Waals surface area contributed by atoms with E-state index in [1.165, 1.54) is 5.56 Å². The molecule has 1 aromatic heterocycles. The van der Waals surface area contributed by atoms with Gasteiger partial charge in [-0.2, -0.15) is 0 Å². The molecule has 2 aliphatic rings. The lowest BCUT2D eigenvalue weighted by Gasteiger charge is -2.31. The zero-order valence-corrected chi connectivity index (χ0v) is 16.8. The summed E-state index contributed by atoms with van der Waals surface area (Å²) in [5.41, 5.74) is 4.84. The third-order valence-electron chi connectivity index (χ3n) is 5.46. The monoisotopic (exact) mass is 376 g/mol. The fourth-order valence-corrected chi connectivity index (χ4v) is 3.90. The second-order valence-electron chi connectivity index (χ2n) is 8.50. The highest BCUT2D eigenvalue weighted by Crippen LogP contribution is 2.36. The van der Waals surface area contributed by atoms with Crippen LogP contribution in [0.1, 0.15) is 50.2 Å². The summed E-state index contributed by atoms with van der Waals surface area (Å²) in [4.78, 5) is 0. The van der Waals surface area contributed by atoms with Crippen molar-refractivity contribution in [1.29, 1.82) is 0 Å². The van der Waals surface area contributed by atoms with Crippen molar-refractivity contribution < 1.29 is 13.1 Å². The summed E-state index contributed by atoms with van der Waals surface area (Å²) in [5.74, 6) is 6.34. The van der Waals surface area contributed by atoms with Gasteiger partial charge in [0.1, 0.15) is 11.3 Å². The predicted octanol–water partition coefficient (Wildman–Crippen LogP) is 5.14. The molecule has 0 unspecified atom stereocenters. The number of fused-ring (bicyclic) bond motifs is 2. The molecule has 0 atom stereocenters. The molecule has 0 N–H and O–H groups in total. The van der Waals surface area contributed by atoms with E-state index in [4.69, 9.17) is 0 Å². The first-order chi connectivity index (χ1) is 13.1. The molecule has 0 saturated heterocycles. The maximum absolute atomic E-state index is 15.2. The first-order valence-corrected chi connectivity index (χ1v) is 9.49. The van der Waals surface area contributed by atoms with Crippen LogP contribution in [0.2, 0.25) is 0 Å². The first-order valence-electron chi connectivity index (χ1n) is 9.49. The van der Waals surface area contributed by atoms with Crippen molar-refractivity contribution in [1.82, 2.24) is 4.48 Å². The van der Waals surface area contributed by atoms with Crippen molar-refractivity contribution >= 4 is 18.3 Å². The van der Waals surface area contributed by atoms with Gasteiger partial charge in [0.15, 0.2) is 5.70 Å². The van der Waals surface area contributed by atoms with E-state index in [2.05, 4.69) is 44.7 Å². The van der Waals surface area contributed by atoms with Crippen LogP contribution < -0.4 is 0 Å². The summed E-state index contributed by atoms with van der Waals surface area (Å²) in [6.45, 7) is 6.00. The highest BCUT2D eigenvalue weighted by Gasteiger charge is 2.53. The Morgan fingerprint density at radius 1 is 0.929 bits per heavy atom. The van der Waals surface area contributed by atoms with E-state index >= 15 is 8.63 Å². The lowest BCUT2D eigenvalue weighted by molar-refractivity contribution is -0.361. The van der Waals surface area contributed by atoms with E-state index in [1.807, 2.05) is 12.1 Å². The molecule has 0 aliphatic carbocycles. The quantitative estimate of drug-likeness (QED) is 0.445. The highest BCUT2D eigenvalue weighted by molar-refractivity contribution is 6.58. The number of rotatable bonds is 0. The molecule has 0 fully saturated rings. The molecule has 28 heavy (non-hydrogen) atoms. The van der Waals surface area contributed by atoms with E-state index in [0.29, 0.717) is 28.4 Å². The van der Waals surface area contributed by atoms with Gasteiger partial charge >= 0.3 is 6.97 Å². The van der Waals surface area contributed by atoms with E-state index < -0.39 is 6.97 Å². The average Bonchev–Trinajstić information content (AvgIpc) is 3.19. The lowest BCUT2D eigenvalue weighted by atomic mass is 9.86. The third-order valence-corrected chi connectivity index (χ3v) is 5.46. The average molecular weight is 376 g/mol. The van der Waals surface area contributed by atoms with Crippen LogP contribution in [0.3, 0.4) is 0 Å². The first kappa shape index (κ1) is 18.5. The van der Waals surface area contributed by atoms with Gasteiger partial charge in [-0.3, -0.25) is 0 Å². The van der Waals surface area contributed by atoms with Crippen molar-refractivity contribution in [2.45, 2.75) is 40.0 Å². The number of allylic oxidation sites excluding steroid dienone is 3. The molecular formula is C23H23BF2N2. The van der Waals surface area contributed by atoms with Gasteiger partial charge in [0.2, 0.25) is 0 Å². The van der Waals surface area contributed by atoms with E-state index in [1.54, 1.807) is 38.1 Å². The highest BCUT2D eigenvalue weighted by atomic mass is 19.2. The predicted molar refractivity (Wildman–Crippen MR) is 112 cm³/mol. The summed E-state index contributed by atoms with van der Waals surface area (Å²) in [6.07, 6.45) is 3.47. The molecule has 0 saturated carbocycles. The molecule has 1 aromatic carbocycles. The van der Waals surface area contributed by atoms with Crippen molar-refractivity contribution in [3.63, 3.8) is 0 Å². The molecular weight excluding hydrogens is 353 g/mol. The smallest absolute Gasteiger partial charge is 0.393 e. The Hall–Kier alpha value is -2.87. The number of benzene rings is 1. The number of nitrogens with zero attached hydrogens (tertiary/aromatic N) is 2. The van der Waals surface area contributed by atoms with Crippen LogP contribution in [0.4, 0.5) is 8.63 Å². The van der Waals surface area contributed by atoms with Gasteiger partial charge in [-0.25, -0.2) is 0 Å². The molecule has 0 bridgehead atoms. The second-order valence-corrected chi connectivity index (χ2v) is 8.50. The number of aromatic nitrogens is 1. The molecule has 4 rings (SSSR count). The minimum absolute atomic E-state index is 0.0778. The molecule has 0 spiro atoms. The Labute approximate surface area is 164 Å². The number of aryl methyl sites for hydroxylation is 1. The number of halogens is 2.